The summed E-state index contributed by atoms with van der Waals surface area (Å²) in [7, 11) is -9.09. The first-order chi connectivity index (χ1) is 24.9. The van der Waals surface area contributed by atoms with Crippen molar-refractivity contribution in [1.82, 2.24) is 19.1 Å². The molecule has 0 aliphatic carbocycles. The first-order valence-corrected chi connectivity index (χ1v) is 25.7. The smallest absolute Gasteiger partial charge is 0.414 e. The second-order valence-corrected chi connectivity index (χ2v) is 28.6. The lowest BCUT2D eigenvalue weighted by Gasteiger charge is -2.39. The number of allylic oxidation sites excluding steroid dienone is 1. The number of nitrogens with one attached hydrogen (secondary N) is 2. The van der Waals surface area contributed by atoms with Crippen molar-refractivity contribution in [2.75, 3.05) is 19.8 Å². The lowest BCUT2D eigenvalue weighted by atomic mass is 9.96. The van der Waals surface area contributed by atoms with Crippen molar-refractivity contribution in [3.8, 4) is 0 Å². The van der Waals surface area contributed by atoms with Crippen LogP contribution >= 0.6 is 7.82 Å². The van der Waals surface area contributed by atoms with Crippen molar-refractivity contribution in [3.63, 3.8) is 0 Å². The maximum atomic E-state index is 14.7. The predicted octanol–water partition coefficient (Wildman–Crippen LogP) is 5.09. The van der Waals surface area contributed by atoms with Gasteiger partial charge in [0.15, 0.2) is 16.6 Å². The highest BCUT2D eigenvalue weighted by atomic mass is 31.2. The van der Waals surface area contributed by atoms with Gasteiger partial charge in [0.1, 0.15) is 30.8 Å². The Kier molecular flexibility index (Phi) is 12.5. The van der Waals surface area contributed by atoms with E-state index < -0.39 is 89.7 Å². The van der Waals surface area contributed by atoms with Gasteiger partial charge in [-0.15, -0.1) is 0 Å². The largest absolute Gasteiger partial charge is 0.475 e. The maximum absolute atomic E-state index is 14.7. The second-order valence-electron chi connectivity index (χ2n) is 17.4. The van der Waals surface area contributed by atoms with Crippen LogP contribution in [-0.4, -0.2) is 80.0 Å². The van der Waals surface area contributed by atoms with E-state index in [0.717, 1.165) is 0 Å². The van der Waals surface area contributed by atoms with E-state index in [1.165, 1.54) is 27.6 Å². The highest BCUT2D eigenvalue weighted by Crippen LogP contribution is 2.56. The molecule has 2 N–H and O–H groups in total. The molecule has 5 rings (SSSR count). The van der Waals surface area contributed by atoms with Gasteiger partial charge in [-0.2, -0.15) is 0 Å². The topological polar surface area (TPSA) is 191 Å². The number of phosphoric acid groups is 1. The monoisotopic (exact) mass is 812 g/mol. The van der Waals surface area contributed by atoms with Crippen LogP contribution in [0.4, 0.5) is 0 Å². The number of aromatic amines is 2. The summed E-state index contributed by atoms with van der Waals surface area (Å²) in [4.78, 5) is 54.6. The van der Waals surface area contributed by atoms with Crippen molar-refractivity contribution in [1.29, 1.82) is 0 Å². The number of ether oxygens (including phenoxy) is 2. The van der Waals surface area contributed by atoms with E-state index in [2.05, 4.69) is 77.7 Å². The molecule has 3 aliphatic heterocycles. The Morgan fingerprint density at radius 3 is 2.20 bits per heavy atom. The third-order valence-corrected chi connectivity index (χ3v) is 21.9. The fourth-order valence-corrected chi connectivity index (χ4v) is 9.86. The second kappa shape index (κ2) is 15.8. The minimum Gasteiger partial charge on any atom is -0.414 e. The number of aryl methyl sites for hydroxylation is 1. The van der Waals surface area contributed by atoms with Crippen molar-refractivity contribution < 1.29 is 36.5 Å². The molecule has 0 aromatic carbocycles. The van der Waals surface area contributed by atoms with Crippen LogP contribution in [0.5, 0.6) is 0 Å². The maximum Gasteiger partial charge on any atom is 0.475 e. The Morgan fingerprint density at radius 2 is 1.56 bits per heavy atom. The predicted molar refractivity (Wildman–Crippen MR) is 207 cm³/mol. The summed E-state index contributed by atoms with van der Waals surface area (Å²) in [6.45, 7) is 22.4. The molecule has 302 valence electrons. The summed E-state index contributed by atoms with van der Waals surface area (Å²) in [5, 5.41) is -0.279. The number of phosphoric ester groups is 1. The third kappa shape index (κ3) is 9.36. The molecule has 0 radical (unpaired) electrons. The lowest BCUT2D eigenvalue weighted by molar-refractivity contribution is -0.0574. The average Bonchev–Trinajstić information content (AvgIpc) is 3.61. The van der Waals surface area contributed by atoms with E-state index in [1.807, 2.05) is 6.08 Å². The zero-order chi connectivity index (χ0) is 40.0. The molecular formula is C35H57N4O12PSi2. The van der Waals surface area contributed by atoms with Crippen LogP contribution in [0.15, 0.2) is 49.8 Å². The zero-order valence-corrected chi connectivity index (χ0v) is 36.1. The van der Waals surface area contributed by atoms with E-state index >= 15 is 0 Å². The van der Waals surface area contributed by atoms with Crippen LogP contribution in [0.3, 0.4) is 0 Å². The molecule has 0 spiro atoms. The quantitative estimate of drug-likeness (QED) is 0.184. The van der Waals surface area contributed by atoms with Gasteiger partial charge in [0.2, 0.25) is 0 Å². The third-order valence-electron chi connectivity index (χ3n) is 11.4. The van der Waals surface area contributed by atoms with Gasteiger partial charge in [-0.05, 0) is 49.6 Å². The molecule has 1 unspecified atom stereocenters. The summed E-state index contributed by atoms with van der Waals surface area (Å²) in [6, 6.07) is 1.24. The first kappa shape index (κ1) is 42.6. The molecule has 3 aliphatic rings. The molecule has 19 heteroatoms. The number of hydrogen-bond acceptors (Lipinski definition) is 12. The van der Waals surface area contributed by atoms with Crippen molar-refractivity contribution in [2.24, 2.45) is 5.92 Å². The summed E-state index contributed by atoms with van der Waals surface area (Å²) in [5.41, 5.74) is -1.98. The molecule has 5 heterocycles. The normalized spacial score (nSPS) is 30.4. The highest BCUT2D eigenvalue weighted by molar-refractivity contribution is 7.48. The fourth-order valence-electron chi connectivity index (χ4n) is 6.10. The standard InChI is InChI=1S/C35H57N4O12PSi2/c1-22-19-39(33(43)37-30(22)41)28-18-24(51-54(10,11)35(5,6)7)25(48-28)20-46-52(44)45-17-13-12-14-23-29(50-52)26(21-47-53(8,9)34(2,3)4)49-31(23)38-16-15-27(40)36-32(38)42/h12-13,15-16,19,23-26,28-29,31H,14,17-18,20-21H2,1-11H3,(H,36,40,42)(H,37,41,43)/b13-12-/t23-,24+,25-,26-,28-,29+,31-,52?/m1/s1. The molecule has 2 fully saturated rings. The van der Waals surface area contributed by atoms with Crippen LogP contribution < -0.4 is 22.5 Å². The summed E-state index contributed by atoms with van der Waals surface area (Å²) < 4.78 is 61.8. The molecule has 2 saturated heterocycles. The Morgan fingerprint density at radius 1 is 0.889 bits per heavy atom. The van der Waals surface area contributed by atoms with Gasteiger partial charge in [-0.3, -0.25) is 42.3 Å². The molecule has 2 aromatic rings. The Balaban J connectivity index is 1.45. The zero-order valence-electron chi connectivity index (χ0n) is 33.2. The van der Waals surface area contributed by atoms with E-state index in [4.69, 9.17) is 31.9 Å². The van der Waals surface area contributed by atoms with Gasteiger partial charge in [0, 0.05) is 36.4 Å². The van der Waals surface area contributed by atoms with E-state index in [1.54, 1.807) is 13.0 Å². The molecule has 0 saturated carbocycles. The van der Waals surface area contributed by atoms with Gasteiger partial charge in [0.05, 0.1) is 25.9 Å². The molecule has 0 amide bonds. The molecule has 54 heavy (non-hydrogen) atoms. The van der Waals surface area contributed by atoms with Crippen molar-refractivity contribution in [3.05, 3.63) is 77.9 Å². The highest BCUT2D eigenvalue weighted by Gasteiger charge is 2.52. The van der Waals surface area contributed by atoms with Crippen LogP contribution in [0.1, 0.15) is 72.4 Å². The van der Waals surface area contributed by atoms with E-state index in [-0.39, 0.29) is 36.3 Å². The van der Waals surface area contributed by atoms with Gasteiger partial charge < -0.3 is 18.3 Å². The number of hydrogen-bond donors (Lipinski definition) is 2. The van der Waals surface area contributed by atoms with Crippen molar-refractivity contribution >= 4 is 24.5 Å². The van der Waals surface area contributed by atoms with Crippen LogP contribution in [0.25, 0.3) is 0 Å². The number of nitrogens with zero attached hydrogens (tertiary/aromatic N) is 2. The van der Waals surface area contributed by atoms with Crippen LogP contribution in [0.2, 0.25) is 36.3 Å². The van der Waals surface area contributed by atoms with E-state index in [0.29, 0.717) is 12.0 Å². The Hall–Kier alpha value is -2.52. The summed E-state index contributed by atoms with van der Waals surface area (Å²) in [5.74, 6) is -0.561. The average molecular weight is 813 g/mol. The minimum atomic E-state index is -4.39. The van der Waals surface area contributed by atoms with E-state index in [9.17, 15) is 23.7 Å². The molecule has 0 bridgehead atoms. The lowest BCUT2D eigenvalue weighted by Crippen LogP contribution is -2.46. The first-order valence-electron chi connectivity index (χ1n) is 18.4. The Labute approximate surface area is 317 Å². The molecule has 16 nitrogen and oxygen atoms in total. The minimum absolute atomic E-state index is 0.0825. The van der Waals surface area contributed by atoms with Gasteiger partial charge in [-0.25, -0.2) is 14.2 Å². The Bertz CT molecular complexity index is 1980. The number of rotatable bonds is 10. The molecular weight excluding hydrogens is 756 g/mol. The summed E-state index contributed by atoms with van der Waals surface area (Å²) >= 11 is 0. The van der Waals surface area contributed by atoms with Gasteiger partial charge in [0.25, 0.3) is 11.1 Å². The van der Waals surface area contributed by atoms with Crippen LogP contribution in [0, 0.1) is 12.8 Å². The number of H-pyrrole nitrogens is 2. The van der Waals surface area contributed by atoms with Gasteiger partial charge in [-0.1, -0.05) is 53.7 Å². The SMILES string of the molecule is Cc1cn([C@H]2C[C@H](O[Si](C)(C)C(C)(C)C)[C@@H](COP3(=O)OC/C=C\C[C@@H]4[C@H](O3)[C@@H](CO[Si](C)(C)C(C)(C)C)O[C@H]4n3ccc(=O)[nH]c3=O)O2)c(=O)[nH]c1=O. The van der Waals surface area contributed by atoms with Crippen molar-refractivity contribution in [2.45, 2.75) is 134 Å². The van der Waals surface area contributed by atoms with Gasteiger partial charge >= 0.3 is 19.2 Å². The molecule has 2 aromatic heterocycles. The fraction of sp³-hybridized carbons (Fsp3) is 0.714. The van der Waals surface area contributed by atoms with Crippen LogP contribution in [-0.2, 0) is 36.5 Å². The summed E-state index contributed by atoms with van der Waals surface area (Å²) in [6.07, 6.45) is 2.21. The number of fused-ring (bicyclic) bond motifs is 1. The molecule has 8 atom stereocenters. The number of aromatic nitrogens is 4.